The average Bonchev–Trinajstić information content (AvgIpc) is 2.18. The van der Waals surface area contributed by atoms with Crippen molar-refractivity contribution in [2.45, 2.75) is 6.92 Å². The summed E-state index contributed by atoms with van der Waals surface area (Å²) in [5, 5.41) is 0. The molecule has 14 heavy (non-hydrogen) atoms. The molecule has 0 unspecified atom stereocenters. The first-order chi connectivity index (χ1) is 6.75. The minimum atomic E-state index is 0.697. The van der Waals surface area contributed by atoms with Crippen LogP contribution >= 0.6 is 0 Å². The largest absolute Gasteiger partial charge is 0.396 e. The van der Waals surface area contributed by atoms with Gasteiger partial charge in [-0.25, -0.2) is 4.98 Å². The zero-order chi connectivity index (χ0) is 10.4. The highest BCUT2D eigenvalue weighted by Crippen LogP contribution is 2.16. The van der Waals surface area contributed by atoms with Gasteiger partial charge in [0.25, 0.3) is 0 Å². The molecule has 0 aromatic carbocycles. The van der Waals surface area contributed by atoms with E-state index in [1.807, 2.05) is 31.0 Å². The Hall–Kier alpha value is -1.29. The van der Waals surface area contributed by atoms with E-state index in [-0.39, 0.29) is 0 Å². The number of rotatable bonds is 5. The lowest BCUT2D eigenvalue weighted by Crippen LogP contribution is -2.24. The molecule has 4 heteroatoms. The maximum Gasteiger partial charge on any atom is 0.151 e. The van der Waals surface area contributed by atoms with Gasteiger partial charge in [-0.15, -0.1) is 0 Å². The van der Waals surface area contributed by atoms with Crippen molar-refractivity contribution >= 4 is 11.5 Å². The maximum absolute atomic E-state index is 5.78. The molecule has 0 atom stereocenters. The van der Waals surface area contributed by atoms with Gasteiger partial charge in [0.15, 0.2) is 5.82 Å². The van der Waals surface area contributed by atoms with Crippen LogP contribution in [0.15, 0.2) is 18.3 Å². The van der Waals surface area contributed by atoms with Gasteiger partial charge in [-0.05, 0) is 19.1 Å². The van der Waals surface area contributed by atoms with Crippen molar-refractivity contribution in [2.24, 2.45) is 0 Å². The Morgan fingerprint density at radius 1 is 1.57 bits per heavy atom. The predicted molar refractivity (Wildman–Crippen MR) is 58.4 cm³/mol. The van der Waals surface area contributed by atoms with Crippen molar-refractivity contribution in [1.29, 1.82) is 0 Å². The molecule has 1 rings (SSSR count). The van der Waals surface area contributed by atoms with E-state index in [1.54, 1.807) is 6.20 Å². The monoisotopic (exact) mass is 195 g/mol. The topological polar surface area (TPSA) is 51.4 Å². The summed E-state index contributed by atoms with van der Waals surface area (Å²) in [6.07, 6.45) is 1.74. The van der Waals surface area contributed by atoms with Gasteiger partial charge in [0.05, 0.1) is 12.3 Å². The molecule has 0 saturated carbocycles. The first-order valence-corrected chi connectivity index (χ1v) is 4.75. The Labute approximate surface area is 84.7 Å². The first-order valence-electron chi connectivity index (χ1n) is 4.75. The summed E-state index contributed by atoms with van der Waals surface area (Å²) < 4.78 is 5.26. The van der Waals surface area contributed by atoms with Crippen molar-refractivity contribution in [3.8, 4) is 0 Å². The highest BCUT2D eigenvalue weighted by Gasteiger charge is 2.04. The van der Waals surface area contributed by atoms with Crippen LogP contribution in [0.4, 0.5) is 11.5 Å². The molecule has 1 heterocycles. The van der Waals surface area contributed by atoms with E-state index in [9.17, 15) is 0 Å². The normalized spacial score (nSPS) is 10.1. The van der Waals surface area contributed by atoms with Crippen molar-refractivity contribution in [1.82, 2.24) is 4.98 Å². The second-order valence-corrected chi connectivity index (χ2v) is 3.03. The van der Waals surface area contributed by atoms with E-state index in [0.29, 0.717) is 12.3 Å². The molecule has 0 aliphatic rings. The van der Waals surface area contributed by atoms with Gasteiger partial charge >= 0.3 is 0 Å². The van der Waals surface area contributed by atoms with Crippen molar-refractivity contribution in [3.05, 3.63) is 18.3 Å². The van der Waals surface area contributed by atoms with Crippen LogP contribution in [0, 0.1) is 0 Å². The lowest BCUT2D eigenvalue weighted by atomic mass is 10.4. The number of likely N-dealkylation sites (N-methyl/N-ethyl adjacent to an activating group) is 1. The van der Waals surface area contributed by atoms with E-state index in [1.165, 1.54) is 0 Å². The third-order valence-electron chi connectivity index (χ3n) is 1.95. The smallest absolute Gasteiger partial charge is 0.151 e. The molecule has 0 aliphatic heterocycles. The molecule has 0 saturated heterocycles. The van der Waals surface area contributed by atoms with Gasteiger partial charge in [-0.2, -0.15) is 0 Å². The van der Waals surface area contributed by atoms with E-state index in [0.717, 1.165) is 19.0 Å². The van der Waals surface area contributed by atoms with E-state index >= 15 is 0 Å². The zero-order valence-electron chi connectivity index (χ0n) is 8.73. The van der Waals surface area contributed by atoms with Crippen molar-refractivity contribution in [3.63, 3.8) is 0 Å². The molecule has 78 valence electrons. The number of hydrogen-bond acceptors (Lipinski definition) is 4. The summed E-state index contributed by atoms with van der Waals surface area (Å²) in [6.45, 7) is 4.22. The van der Waals surface area contributed by atoms with Crippen LogP contribution in [0.3, 0.4) is 0 Å². The maximum atomic E-state index is 5.78. The fraction of sp³-hybridized carbons (Fsp3) is 0.500. The molecular formula is C10H17N3O. The molecule has 0 fully saturated rings. The number of aromatic nitrogens is 1. The number of nitrogen functional groups attached to an aromatic ring is 1. The highest BCUT2D eigenvalue weighted by atomic mass is 16.5. The molecule has 0 radical (unpaired) electrons. The SMILES string of the molecule is CCOCCN(C)c1ncccc1N. The molecule has 0 spiro atoms. The number of nitrogens with two attached hydrogens (primary N) is 1. The third-order valence-corrected chi connectivity index (χ3v) is 1.95. The van der Waals surface area contributed by atoms with Crippen LogP contribution in [0.1, 0.15) is 6.92 Å². The number of ether oxygens (including phenoxy) is 1. The molecule has 0 aliphatic carbocycles. The Balaban J connectivity index is 2.51. The lowest BCUT2D eigenvalue weighted by molar-refractivity contribution is 0.154. The van der Waals surface area contributed by atoms with Crippen molar-refractivity contribution < 1.29 is 4.74 Å². The second-order valence-electron chi connectivity index (χ2n) is 3.03. The standard InChI is InChI=1S/C10H17N3O/c1-3-14-8-7-13(2)10-9(11)5-4-6-12-10/h4-6H,3,7-8,11H2,1-2H3. The lowest BCUT2D eigenvalue weighted by Gasteiger charge is -2.19. The Kier molecular flexibility index (Phi) is 4.19. The fourth-order valence-electron chi connectivity index (χ4n) is 1.18. The summed E-state index contributed by atoms with van der Waals surface area (Å²) in [5.41, 5.74) is 6.48. The number of nitrogens with zero attached hydrogens (tertiary/aromatic N) is 2. The van der Waals surface area contributed by atoms with Crippen LogP contribution in [0.25, 0.3) is 0 Å². The highest BCUT2D eigenvalue weighted by molar-refractivity contribution is 5.61. The number of anilines is 2. The predicted octanol–water partition coefficient (Wildman–Crippen LogP) is 1.14. The van der Waals surface area contributed by atoms with Crippen LogP contribution in [-0.2, 0) is 4.74 Å². The van der Waals surface area contributed by atoms with Gasteiger partial charge in [0, 0.05) is 26.4 Å². The van der Waals surface area contributed by atoms with Crippen molar-refractivity contribution in [2.75, 3.05) is 37.4 Å². The average molecular weight is 195 g/mol. The fourth-order valence-corrected chi connectivity index (χ4v) is 1.18. The zero-order valence-corrected chi connectivity index (χ0v) is 8.73. The number of hydrogen-bond donors (Lipinski definition) is 1. The first kappa shape index (κ1) is 10.8. The summed E-state index contributed by atoms with van der Waals surface area (Å²) in [7, 11) is 1.96. The van der Waals surface area contributed by atoms with E-state index < -0.39 is 0 Å². The molecule has 2 N–H and O–H groups in total. The van der Waals surface area contributed by atoms with Crippen LogP contribution in [-0.4, -0.2) is 31.8 Å². The summed E-state index contributed by atoms with van der Waals surface area (Å²) >= 11 is 0. The quantitative estimate of drug-likeness (QED) is 0.716. The minimum absolute atomic E-state index is 0.697. The van der Waals surface area contributed by atoms with Gasteiger partial charge in [-0.3, -0.25) is 0 Å². The van der Waals surface area contributed by atoms with Crippen LogP contribution < -0.4 is 10.6 Å². The third kappa shape index (κ3) is 2.88. The minimum Gasteiger partial charge on any atom is -0.396 e. The van der Waals surface area contributed by atoms with Gasteiger partial charge in [0.2, 0.25) is 0 Å². The molecule has 0 bridgehead atoms. The Morgan fingerprint density at radius 3 is 3.00 bits per heavy atom. The summed E-state index contributed by atoms with van der Waals surface area (Å²) in [5.74, 6) is 0.812. The van der Waals surface area contributed by atoms with Gasteiger partial charge in [0.1, 0.15) is 0 Å². The Morgan fingerprint density at radius 2 is 2.36 bits per heavy atom. The second kappa shape index (κ2) is 5.44. The van der Waals surface area contributed by atoms with Gasteiger partial charge in [-0.1, -0.05) is 0 Å². The Bertz CT molecular complexity index is 278. The van der Waals surface area contributed by atoms with Crippen LogP contribution in [0.5, 0.6) is 0 Å². The number of pyridine rings is 1. The molecular weight excluding hydrogens is 178 g/mol. The molecule has 0 amide bonds. The molecule has 1 aromatic heterocycles. The summed E-state index contributed by atoms with van der Waals surface area (Å²) in [6, 6.07) is 3.68. The van der Waals surface area contributed by atoms with E-state index in [4.69, 9.17) is 10.5 Å². The molecule has 4 nitrogen and oxygen atoms in total. The van der Waals surface area contributed by atoms with E-state index in [2.05, 4.69) is 4.98 Å². The summed E-state index contributed by atoms with van der Waals surface area (Å²) in [4.78, 5) is 6.19. The molecule has 1 aromatic rings. The van der Waals surface area contributed by atoms with Crippen LogP contribution in [0.2, 0.25) is 0 Å². The van der Waals surface area contributed by atoms with Gasteiger partial charge < -0.3 is 15.4 Å².